The number of aromatic nitrogens is 2. The predicted octanol–water partition coefficient (Wildman–Crippen LogP) is 4.27. The summed E-state index contributed by atoms with van der Waals surface area (Å²) in [7, 11) is 5.56. The minimum absolute atomic E-state index is 0.390. The largest absolute Gasteiger partial charge is 0.494 e. The minimum atomic E-state index is 0.390. The number of ether oxygens (including phenoxy) is 1. The van der Waals surface area contributed by atoms with E-state index in [4.69, 9.17) is 22.1 Å². The summed E-state index contributed by atoms with van der Waals surface area (Å²) in [5.41, 5.74) is 9.02. The van der Waals surface area contributed by atoms with Crippen LogP contribution >= 0.6 is 11.6 Å². The molecule has 0 bridgehead atoms. The highest BCUT2D eigenvalue weighted by Gasteiger charge is 2.10. The molecule has 0 saturated carbocycles. The van der Waals surface area contributed by atoms with Crippen molar-refractivity contribution in [3.05, 3.63) is 53.7 Å². The fraction of sp³-hybridized carbons (Fsp3) is 0.158. The molecule has 27 heavy (non-hydrogen) atoms. The Kier molecular flexibility index (Phi) is 5.52. The number of halogens is 1. The third-order valence-corrected chi connectivity index (χ3v) is 4.12. The van der Waals surface area contributed by atoms with Gasteiger partial charge in [0.2, 0.25) is 5.95 Å². The highest BCUT2D eigenvalue weighted by atomic mass is 35.5. The number of hydrogen-bond donors (Lipinski definition) is 3. The van der Waals surface area contributed by atoms with Gasteiger partial charge in [-0.3, -0.25) is 0 Å². The topological polar surface area (TPSA) is 88.3 Å². The lowest BCUT2D eigenvalue weighted by molar-refractivity contribution is 0.417. The first-order valence-corrected chi connectivity index (χ1v) is 8.61. The van der Waals surface area contributed by atoms with Crippen molar-refractivity contribution in [2.24, 2.45) is 0 Å². The standard InChI is InChI=1S/C19H21ClN6O/c1-26(2)14-7-8-16(17(10-14)27-3)24-19-22-11-15(20)18(25-19)23-13-6-4-5-12(21)9-13/h4-11H,21H2,1-3H3,(H2,22,23,24,25). The van der Waals surface area contributed by atoms with Gasteiger partial charge in [-0.15, -0.1) is 0 Å². The Bertz CT molecular complexity index is 947. The van der Waals surface area contributed by atoms with Crippen LogP contribution in [0.2, 0.25) is 5.02 Å². The van der Waals surface area contributed by atoms with Crippen molar-refractivity contribution in [2.75, 3.05) is 42.5 Å². The maximum absolute atomic E-state index is 6.23. The van der Waals surface area contributed by atoms with Gasteiger partial charge in [-0.1, -0.05) is 17.7 Å². The van der Waals surface area contributed by atoms with Gasteiger partial charge in [-0.25, -0.2) is 4.98 Å². The molecule has 0 spiro atoms. The van der Waals surface area contributed by atoms with Crippen molar-refractivity contribution in [3.8, 4) is 5.75 Å². The summed E-state index contributed by atoms with van der Waals surface area (Å²) < 4.78 is 5.47. The number of rotatable bonds is 6. The van der Waals surface area contributed by atoms with Crippen LogP contribution in [0.3, 0.4) is 0 Å². The maximum Gasteiger partial charge on any atom is 0.229 e. The van der Waals surface area contributed by atoms with Gasteiger partial charge in [0.05, 0.1) is 19.0 Å². The molecule has 0 aliphatic heterocycles. The summed E-state index contributed by atoms with van der Waals surface area (Å²) in [6.07, 6.45) is 1.53. The first-order chi connectivity index (χ1) is 13.0. The van der Waals surface area contributed by atoms with E-state index < -0.39 is 0 Å². The molecule has 3 aromatic rings. The minimum Gasteiger partial charge on any atom is -0.494 e. The van der Waals surface area contributed by atoms with E-state index in [-0.39, 0.29) is 0 Å². The summed E-state index contributed by atoms with van der Waals surface area (Å²) in [5, 5.41) is 6.72. The Balaban J connectivity index is 1.86. The second-order valence-corrected chi connectivity index (χ2v) is 6.45. The summed E-state index contributed by atoms with van der Waals surface area (Å²) >= 11 is 6.23. The highest BCUT2D eigenvalue weighted by molar-refractivity contribution is 6.32. The molecule has 0 aliphatic rings. The lowest BCUT2D eigenvalue weighted by atomic mass is 10.2. The lowest BCUT2D eigenvalue weighted by Crippen LogP contribution is -2.09. The number of nitrogens with two attached hydrogens (primary N) is 1. The Morgan fingerprint density at radius 1 is 1.11 bits per heavy atom. The van der Waals surface area contributed by atoms with Crippen LogP contribution in [0, 0.1) is 0 Å². The van der Waals surface area contributed by atoms with Gasteiger partial charge in [-0.2, -0.15) is 4.98 Å². The molecule has 0 atom stereocenters. The van der Waals surface area contributed by atoms with Crippen molar-refractivity contribution in [3.63, 3.8) is 0 Å². The van der Waals surface area contributed by atoms with Gasteiger partial charge in [0.25, 0.3) is 0 Å². The zero-order valence-electron chi connectivity index (χ0n) is 15.3. The summed E-state index contributed by atoms with van der Waals surface area (Å²) in [6.45, 7) is 0. The molecule has 140 valence electrons. The first-order valence-electron chi connectivity index (χ1n) is 8.24. The van der Waals surface area contributed by atoms with Crippen molar-refractivity contribution in [1.82, 2.24) is 9.97 Å². The number of hydrogen-bond acceptors (Lipinski definition) is 7. The molecule has 2 aromatic carbocycles. The zero-order valence-corrected chi connectivity index (χ0v) is 16.1. The fourth-order valence-electron chi connectivity index (χ4n) is 2.45. The second kappa shape index (κ2) is 8.01. The molecule has 1 aromatic heterocycles. The molecule has 7 nitrogen and oxygen atoms in total. The number of nitrogens with one attached hydrogen (secondary N) is 2. The molecule has 3 rings (SSSR count). The van der Waals surface area contributed by atoms with Crippen LogP contribution in [0.1, 0.15) is 0 Å². The molecule has 0 amide bonds. The molecule has 0 saturated heterocycles. The van der Waals surface area contributed by atoms with Crippen LogP contribution < -0.4 is 26.0 Å². The van der Waals surface area contributed by atoms with Gasteiger partial charge in [-0.05, 0) is 30.3 Å². The van der Waals surface area contributed by atoms with Crippen molar-refractivity contribution < 1.29 is 4.74 Å². The molecule has 0 unspecified atom stereocenters. The Morgan fingerprint density at radius 3 is 2.63 bits per heavy atom. The SMILES string of the molecule is COc1cc(N(C)C)ccc1Nc1ncc(Cl)c(Nc2cccc(N)c2)n1. The number of nitrogens with zero attached hydrogens (tertiary/aromatic N) is 3. The summed E-state index contributed by atoms with van der Waals surface area (Å²) in [6, 6.07) is 13.2. The van der Waals surface area contributed by atoms with E-state index in [1.54, 1.807) is 13.2 Å². The Morgan fingerprint density at radius 2 is 1.93 bits per heavy atom. The third kappa shape index (κ3) is 4.51. The van der Waals surface area contributed by atoms with Crippen LogP contribution in [-0.4, -0.2) is 31.2 Å². The van der Waals surface area contributed by atoms with Crippen LogP contribution in [0.25, 0.3) is 0 Å². The van der Waals surface area contributed by atoms with Crippen LogP contribution in [0.4, 0.5) is 34.5 Å². The number of benzene rings is 2. The van der Waals surface area contributed by atoms with Crippen molar-refractivity contribution in [2.45, 2.75) is 0 Å². The monoisotopic (exact) mass is 384 g/mol. The van der Waals surface area contributed by atoms with E-state index in [0.29, 0.717) is 28.2 Å². The molecule has 4 N–H and O–H groups in total. The number of methoxy groups -OCH3 is 1. The molecule has 0 radical (unpaired) electrons. The Labute approximate surface area is 163 Å². The summed E-state index contributed by atoms with van der Waals surface area (Å²) in [4.78, 5) is 10.7. The average molecular weight is 385 g/mol. The Hall–Kier alpha value is -3.19. The van der Waals surface area contributed by atoms with E-state index in [0.717, 1.165) is 17.1 Å². The maximum atomic E-state index is 6.23. The highest BCUT2D eigenvalue weighted by Crippen LogP contribution is 2.32. The summed E-state index contributed by atoms with van der Waals surface area (Å²) in [5.74, 6) is 1.55. The van der Waals surface area contributed by atoms with Gasteiger partial charge < -0.3 is 26.0 Å². The van der Waals surface area contributed by atoms with E-state index in [9.17, 15) is 0 Å². The van der Waals surface area contributed by atoms with Crippen molar-refractivity contribution in [1.29, 1.82) is 0 Å². The van der Waals surface area contributed by atoms with Gasteiger partial charge in [0.1, 0.15) is 10.8 Å². The van der Waals surface area contributed by atoms with Gasteiger partial charge in [0.15, 0.2) is 5.82 Å². The number of nitrogen functional groups attached to an aromatic ring is 1. The van der Waals surface area contributed by atoms with Gasteiger partial charge in [0, 0.05) is 37.2 Å². The van der Waals surface area contributed by atoms with E-state index in [2.05, 4.69) is 20.6 Å². The molecular weight excluding hydrogens is 364 g/mol. The molecule has 1 heterocycles. The first kappa shape index (κ1) is 18.6. The molecular formula is C19H21ClN6O. The van der Waals surface area contributed by atoms with Crippen LogP contribution in [0.5, 0.6) is 5.75 Å². The van der Waals surface area contributed by atoms with Crippen LogP contribution in [-0.2, 0) is 0 Å². The predicted molar refractivity (Wildman–Crippen MR) is 112 cm³/mol. The molecule has 8 heteroatoms. The van der Waals surface area contributed by atoms with Crippen LogP contribution in [0.15, 0.2) is 48.7 Å². The van der Waals surface area contributed by atoms with E-state index in [1.807, 2.05) is 55.4 Å². The fourth-order valence-corrected chi connectivity index (χ4v) is 2.59. The molecule has 0 aliphatic carbocycles. The normalized spacial score (nSPS) is 10.4. The van der Waals surface area contributed by atoms with E-state index >= 15 is 0 Å². The van der Waals surface area contributed by atoms with Crippen molar-refractivity contribution >= 4 is 46.1 Å². The third-order valence-electron chi connectivity index (χ3n) is 3.84. The smallest absolute Gasteiger partial charge is 0.229 e. The molecule has 0 fully saturated rings. The average Bonchev–Trinajstić information content (AvgIpc) is 2.64. The zero-order chi connectivity index (χ0) is 19.4. The van der Waals surface area contributed by atoms with Gasteiger partial charge >= 0.3 is 0 Å². The van der Waals surface area contributed by atoms with E-state index in [1.165, 1.54) is 6.20 Å². The second-order valence-electron chi connectivity index (χ2n) is 6.04. The lowest BCUT2D eigenvalue weighted by Gasteiger charge is -2.16. The number of anilines is 6. The quantitative estimate of drug-likeness (QED) is 0.547.